The Morgan fingerprint density at radius 3 is 2.65 bits per heavy atom. The third-order valence-electron chi connectivity index (χ3n) is 5.12. The van der Waals surface area contributed by atoms with Gasteiger partial charge in [-0.15, -0.1) is 11.3 Å². The van der Waals surface area contributed by atoms with Gasteiger partial charge in [-0.25, -0.2) is 9.55 Å². The summed E-state index contributed by atoms with van der Waals surface area (Å²) in [6.07, 6.45) is 1.64. The number of hydrogen-bond donors (Lipinski definition) is 1. The molecule has 3 heterocycles. The van der Waals surface area contributed by atoms with Crippen LogP contribution in [0.25, 0.3) is 26.9 Å². The van der Waals surface area contributed by atoms with E-state index in [1.807, 2.05) is 29.7 Å². The minimum atomic E-state index is -0.236. The molecule has 3 aromatic heterocycles. The second kappa shape index (κ2) is 8.00. The molecule has 0 aliphatic heterocycles. The highest BCUT2D eigenvalue weighted by Gasteiger charge is 2.17. The van der Waals surface area contributed by atoms with Crippen LogP contribution < -0.4 is 10.9 Å². The van der Waals surface area contributed by atoms with Gasteiger partial charge in [0, 0.05) is 27.8 Å². The molecule has 2 aromatic carbocycles. The van der Waals surface area contributed by atoms with E-state index in [0.29, 0.717) is 45.9 Å². The van der Waals surface area contributed by atoms with Gasteiger partial charge in [0.05, 0.1) is 12.0 Å². The quantitative estimate of drug-likeness (QED) is 0.356. The molecule has 0 aliphatic carbocycles. The molecule has 0 amide bonds. The molecule has 31 heavy (non-hydrogen) atoms. The van der Waals surface area contributed by atoms with Crippen LogP contribution >= 0.6 is 34.5 Å². The highest BCUT2D eigenvalue weighted by Crippen LogP contribution is 2.29. The first kappa shape index (κ1) is 20.1. The number of rotatable bonds is 5. The Morgan fingerprint density at radius 2 is 1.87 bits per heavy atom. The van der Waals surface area contributed by atoms with Gasteiger partial charge in [-0.1, -0.05) is 23.2 Å². The van der Waals surface area contributed by atoms with E-state index in [9.17, 15) is 4.79 Å². The Kier molecular flexibility index (Phi) is 5.17. The fourth-order valence-corrected chi connectivity index (χ4v) is 4.78. The van der Waals surface area contributed by atoms with Gasteiger partial charge in [-0.05, 0) is 65.7 Å². The van der Waals surface area contributed by atoms with Crippen LogP contribution in [0.4, 0.5) is 5.95 Å². The van der Waals surface area contributed by atoms with Crippen LogP contribution in [0.3, 0.4) is 0 Å². The summed E-state index contributed by atoms with van der Waals surface area (Å²) in [5.74, 6) is 0.441. The molecular formula is C22H17Cl2N5OS. The van der Waals surface area contributed by atoms with Crippen LogP contribution in [0.5, 0.6) is 0 Å². The summed E-state index contributed by atoms with van der Waals surface area (Å²) >= 11 is 13.9. The summed E-state index contributed by atoms with van der Waals surface area (Å²) in [5, 5.41) is 7.82. The Labute approximate surface area is 191 Å². The van der Waals surface area contributed by atoms with E-state index in [-0.39, 0.29) is 5.56 Å². The van der Waals surface area contributed by atoms with Crippen molar-refractivity contribution >= 4 is 61.7 Å². The lowest BCUT2D eigenvalue weighted by atomic mass is 10.2. The van der Waals surface area contributed by atoms with E-state index >= 15 is 0 Å². The van der Waals surface area contributed by atoms with Crippen molar-refractivity contribution in [3.63, 3.8) is 0 Å². The van der Waals surface area contributed by atoms with Crippen molar-refractivity contribution in [1.29, 1.82) is 0 Å². The number of benzene rings is 2. The zero-order valence-electron chi connectivity index (χ0n) is 16.5. The van der Waals surface area contributed by atoms with Crippen molar-refractivity contribution in [2.24, 2.45) is 0 Å². The minimum absolute atomic E-state index is 0.236. The lowest BCUT2D eigenvalue weighted by Gasteiger charge is -2.14. The monoisotopic (exact) mass is 469 g/mol. The maximum atomic E-state index is 13.3. The first-order valence-electron chi connectivity index (χ1n) is 9.68. The number of halogens is 2. The number of nitrogens with one attached hydrogen (secondary N) is 1. The van der Waals surface area contributed by atoms with E-state index in [1.54, 1.807) is 41.9 Å². The number of aromatic nitrogens is 4. The summed E-state index contributed by atoms with van der Waals surface area (Å²) in [6.45, 7) is 3.15. The second-order valence-electron chi connectivity index (χ2n) is 7.01. The fraction of sp³-hybridized carbons (Fsp3) is 0.136. The van der Waals surface area contributed by atoms with Crippen LogP contribution in [-0.4, -0.2) is 19.1 Å². The number of fused-ring (bicyclic) bond motifs is 2. The Hall–Kier alpha value is -2.87. The molecule has 0 bridgehead atoms. The average molecular weight is 470 g/mol. The van der Waals surface area contributed by atoms with Crippen molar-refractivity contribution in [2.45, 2.75) is 20.0 Å². The van der Waals surface area contributed by atoms with Crippen LogP contribution in [0, 0.1) is 0 Å². The molecule has 0 radical (unpaired) electrons. The van der Waals surface area contributed by atoms with Crippen molar-refractivity contribution in [3.05, 3.63) is 80.1 Å². The number of imidazole rings is 1. The number of aryl methyl sites for hydroxylation is 1. The predicted octanol–water partition coefficient (Wildman–Crippen LogP) is 5.74. The highest BCUT2D eigenvalue weighted by molar-refractivity contribution is 7.17. The van der Waals surface area contributed by atoms with Crippen molar-refractivity contribution in [3.8, 4) is 5.69 Å². The lowest BCUT2D eigenvalue weighted by Crippen LogP contribution is -2.24. The molecule has 0 spiro atoms. The Balaban J connectivity index is 1.63. The van der Waals surface area contributed by atoms with Gasteiger partial charge < -0.3 is 9.88 Å². The van der Waals surface area contributed by atoms with E-state index in [4.69, 9.17) is 28.2 Å². The van der Waals surface area contributed by atoms with E-state index < -0.39 is 0 Å². The van der Waals surface area contributed by atoms with Crippen LogP contribution in [0.1, 0.15) is 12.5 Å². The molecule has 1 N–H and O–H groups in total. The van der Waals surface area contributed by atoms with Gasteiger partial charge in [0.15, 0.2) is 11.2 Å². The number of nitrogens with zero attached hydrogens (tertiary/aromatic N) is 4. The van der Waals surface area contributed by atoms with Gasteiger partial charge in [-0.3, -0.25) is 4.79 Å². The Morgan fingerprint density at radius 1 is 1.10 bits per heavy atom. The molecule has 0 fully saturated rings. The molecule has 9 heteroatoms. The third-order valence-corrected chi connectivity index (χ3v) is 6.62. The summed E-state index contributed by atoms with van der Waals surface area (Å²) < 4.78 is 4.55. The molecule has 6 nitrogen and oxygen atoms in total. The van der Waals surface area contributed by atoms with E-state index in [0.717, 1.165) is 15.6 Å². The Bertz CT molecular complexity index is 1470. The van der Waals surface area contributed by atoms with Gasteiger partial charge in [0.1, 0.15) is 0 Å². The van der Waals surface area contributed by atoms with Gasteiger partial charge in [0.2, 0.25) is 5.95 Å². The first-order chi connectivity index (χ1) is 15.0. The topological polar surface area (TPSA) is 64.7 Å². The molecule has 5 rings (SSSR count). The average Bonchev–Trinajstić information content (AvgIpc) is 3.37. The van der Waals surface area contributed by atoms with Crippen molar-refractivity contribution < 1.29 is 0 Å². The predicted molar refractivity (Wildman–Crippen MR) is 128 cm³/mol. The number of anilines is 1. The minimum Gasteiger partial charge on any atom is -0.351 e. The summed E-state index contributed by atoms with van der Waals surface area (Å²) in [7, 11) is 0. The molecule has 0 saturated heterocycles. The third kappa shape index (κ3) is 3.59. The molecule has 0 atom stereocenters. The maximum absolute atomic E-state index is 13.3. The normalized spacial score (nSPS) is 11.5. The molecule has 156 valence electrons. The van der Waals surface area contributed by atoms with Crippen LogP contribution in [0.15, 0.2) is 59.0 Å². The first-order valence-corrected chi connectivity index (χ1v) is 11.3. The highest BCUT2D eigenvalue weighted by atomic mass is 35.5. The van der Waals surface area contributed by atoms with Crippen LogP contribution in [-0.2, 0) is 13.1 Å². The van der Waals surface area contributed by atoms with Crippen molar-refractivity contribution in [2.75, 3.05) is 5.32 Å². The fourth-order valence-electron chi connectivity index (χ4n) is 3.54. The second-order valence-corrected chi connectivity index (χ2v) is 8.79. The number of thiophene rings is 1. The molecule has 5 aromatic rings. The van der Waals surface area contributed by atoms with Gasteiger partial charge in [-0.2, -0.15) is 4.98 Å². The zero-order valence-corrected chi connectivity index (χ0v) is 18.8. The molecule has 0 unspecified atom stereocenters. The van der Waals surface area contributed by atoms with Crippen LogP contribution in [0.2, 0.25) is 10.0 Å². The molecule has 0 saturated carbocycles. The zero-order chi connectivity index (χ0) is 21.5. The lowest BCUT2D eigenvalue weighted by molar-refractivity contribution is 0.775. The molecule has 0 aliphatic rings. The van der Waals surface area contributed by atoms with Gasteiger partial charge in [0.25, 0.3) is 5.56 Å². The number of hydrogen-bond acceptors (Lipinski definition) is 5. The van der Waals surface area contributed by atoms with Crippen molar-refractivity contribution in [1.82, 2.24) is 19.1 Å². The molecular weight excluding hydrogens is 453 g/mol. The summed E-state index contributed by atoms with van der Waals surface area (Å²) in [4.78, 5) is 22.4. The van der Waals surface area contributed by atoms with Gasteiger partial charge >= 0.3 is 0 Å². The summed E-state index contributed by atoms with van der Waals surface area (Å²) in [5.41, 5.74) is 2.40. The standard InChI is InChI=1S/C22H17Cl2N5OS/c1-2-28-12-26-19-20(28)27-22(29(21(19)30)16-6-3-14(23)4-7-16)25-10-13-11-31-18-8-5-15(24)9-17(13)18/h3-9,11-12H,2,10H2,1H3,(H,25,27). The smallest absolute Gasteiger partial charge is 0.287 e. The van der Waals surface area contributed by atoms with E-state index in [1.165, 1.54) is 4.57 Å². The SMILES string of the molecule is CCn1cnc2c(=O)n(-c3ccc(Cl)cc3)c(NCc3csc4ccc(Cl)cc34)nc21. The summed E-state index contributed by atoms with van der Waals surface area (Å²) in [6, 6.07) is 12.9. The van der Waals surface area contributed by atoms with E-state index in [2.05, 4.69) is 15.7 Å². The largest absolute Gasteiger partial charge is 0.351 e. The maximum Gasteiger partial charge on any atom is 0.287 e.